The van der Waals surface area contributed by atoms with Gasteiger partial charge in [0.25, 0.3) is 0 Å². The zero-order valence-electron chi connectivity index (χ0n) is 14.8. The molecule has 2 aromatic heterocycles. The normalized spacial score (nSPS) is 17.2. The molecule has 0 radical (unpaired) electrons. The fraction of sp³-hybridized carbons (Fsp3) is 0.588. The Labute approximate surface area is 170 Å². The Balaban J connectivity index is 0.00000225. The molecule has 0 saturated carbocycles. The molecule has 0 amide bonds. The average Bonchev–Trinajstić information content (AvgIpc) is 3.32. The van der Waals surface area contributed by atoms with Gasteiger partial charge in [-0.1, -0.05) is 13.0 Å². The molecule has 0 spiro atoms. The third kappa shape index (κ3) is 5.40. The number of likely N-dealkylation sites (tertiary alicyclic amines) is 1. The summed E-state index contributed by atoms with van der Waals surface area (Å²) in [4.78, 5) is 13.0. The van der Waals surface area contributed by atoms with E-state index >= 15 is 0 Å². The van der Waals surface area contributed by atoms with E-state index in [1.807, 2.05) is 11.3 Å². The zero-order valence-corrected chi connectivity index (χ0v) is 18.0. The molecule has 2 aromatic rings. The van der Waals surface area contributed by atoms with E-state index in [4.69, 9.17) is 4.99 Å². The second-order valence-electron chi connectivity index (χ2n) is 6.24. The van der Waals surface area contributed by atoms with Crippen molar-refractivity contribution >= 4 is 41.3 Å². The quantitative estimate of drug-likeness (QED) is 0.396. The number of rotatable bonds is 5. The number of thiophene rings is 1. The summed E-state index contributed by atoms with van der Waals surface area (Å²) in [6.45, 7) is 8.10. The number of H-pyrrole nitrogens is 1. The minimum atomic E-state index is 0. The number of aromatic nitrogens is 3. The number of nitrogens with one attached hydrogen (secondary N) is 2. The Morgan fingerprint density at radius 3 is 2.88 bits per heavy atom. The van der Waals surface area contributed by atoms with Crippen LogP contribution < -0.4 is 5.32 Å². The topological polar surface area (TPSA) is 69.2 Å². The highest BCUT2D eigenvalue weighted by atomic mass is 127. The lowest BCUT2D eigenvalue weighted by molar-refractivity contribution is 0.298. The van der Waals surface area contributed by atoms with Gasteiger partial charge >= 0.3 is 0 Å². The molecule has 1 aliphatic heterocycles. The van der Waals surface area contributed by atoms with Crippen molar-refractivity contribution in [1.82, 2.24) is 25.4 Å². The van der Waals surface area contributed by atoms with Gasteiger partial charge in [0.15, 0.2) is 5.96 Å². The third-order valence-electron chi connectivity index (χ3n) is 4.49. The second kappa shape index (κ2) is 10.1. The molecule has 3 rings (SSSR count). The fourth-order valence-corrected chi connectivity index (χ4v) is 3.87. The Bertz CT molecular complexity index is 620. The van der Waals surface area contributed by atoms with Crippen molar-refractivity contribution in [3.8, 4) is 0 Å². The van der Waals surface area contributed by atoms with Gasteiger partial charge in [0.1, 0.15) is 12.2 Å². The summed E-state index contributed by atoms with van der Waals surface area (Å²) in [5.74, 6) is 3.00. The summed E-state index contributed by atoms with van der Waals surface area (Å²) in [5, 5.41) is 12.6. The molecule has 0 bridgehead atoms. The van der Waals surface area contributed by atoms with Crippen molar-refractivity contribution in [2.75, 3.05) is 26.2 Å². The summed E-state index contributed by atoms with van der Waals surface area (Å²) in [6, 6.07) is 4.31. The smallest absolute Gasteiger partial charge is 0.193 e. The van der Waals surface area contributed by atoms with Gasteiger partial charge < -0.3 is 10.2 Å². The highest BCUT2D eigenvalue weighted by Crippen LogP contribution is 2.25. The minimum Gasteiger partial charge on any atom is -0.357 e. The number of hydrogen-bond acceptors (Lipinski definition) is 4. The van der Waals surface area contributed by atoms with Gasteiger partial charge in [-0.05, 0) is 31.2 Å². The largest absolute Gasteiger partial charge is 0.357 e. The van der Waals surface area contributed by atoms with Crippen LogP contribution in [0.15, 0.2) is 28.8 Å². The highest BCUT2D eigenvalue weighted by molar-refractivity contribution is 14.0. The van der Waals surface area contributed by atoms with Crippen molar-refractivity contribution in [1.29, 1.82) is 0 Å². The molecule has 1 atom stereocenters. The monoisotopic (exact) mass is 474 g/mol. The number of halogens is 1. The molecule has 1 unspecified atom stereocenters. The SMILES string of the molecule is CCNC(=NCC(C)c1cccs1)N1CCC(c2ncn[nH]2)CC1.I. The minimum absolute atomic E-state index is 0. The lowest BCUT2D eigenvalue weighted by Gasteiger charge is -2.33. The van der Waals surface area contributed by atoms with E-state index in [0.717, 1.165) is 50.8 Å². The first-order valence-corrected chi connectivity index (χ1v) is 9.57. The zero-order chi connectivity index (χ0) is 16.8. The molecule has 2 N–H and O–H groups in total. The lowest BCUT2D eigenvalue weighted by Crippen LogP contribution is -2.45. The fourth-order valence-electron chi connectivity index (χ4n) is 3.09. The van der Waals surface area contributed by atoms with Crippen LogP contribution in [0.2, 0.25) is 0 Å². The predicted molar refractivity (Wildman–Crippen MR) is 114 cm³/mol. The molecule has 1 saturated heterocycles. The van der Waals surface area contributed by atoms with Crippen LogP contribution >= 0.6 is 35.3 Å². The standard InChI is InChI=1S/C17H26N6S.HI/c1-3-18-17(19-11-13(2)15-5-4-10-24-15)23-8-6-14(7-9-23)16-20-12-21-22-16;/h4-5,10,12-14H,3,6-9,11H2,1-2H3,(H,18,19)(H,20,21,22);1H. The summed E-state index contributed by atoms with van der Waals surface area (Å²) >= 11 is 1.81. The van der Waals surface area contributed by atoms with Crippen molar-refractivity contribution in [2.24, 2.45) is 4.99 Å². The first-order valence-electron chi connectivity index (χ1n) is 8.69. The van der Waals surface area contributed by atoms with Gasteiger partial charge in [-0.2, -0.15) is 5.10 Å². The number of guanidine groups is 1. The maximum Gasteiger partial charge on any atom is 0.193 e. The van der Waals surface area contributed by atoms with Crippen molar-refractivity contribution in [3.63, 3.8) is 0 Å². The Hall–Kier alpha value is -1.16. The van der Waals surface area contributed by atoms with E-state index in [1.165, 1.54) is 4.88 Å². The molecule has 138 valence electrons. The molecule has 0 aromatic carbocycles. The van der Waals surface area contributed by atoms with Crippen molar-refractivity contribution in [3.05, 3.63) is 34.5 Å². The lowest BCUT2D eigenvalue weighted by atomic mass is 9.96. The summed E-state index contributed by atoms with van der Waals surface area (Å²) in [5.41, 5.74) is 0. The van der Waals surface area contributed by atoms with Crippen LogP contribution in [0.3, 0.4) is 0 Å². The molecule has 1 fully saturated rings. The number of piperidine rings is 1. The molecular formula is C17H27IN6S. The van der Waals surface area contributed by atoms with Crippen LogP contribution in [0.4, 0.5) is 0 Å². The molecule has 8 heteroatoms. The van der Waals surface area contributed by atoms with Crippen molar-refractivity contribution in [2.45, 2.75) is 38.5 Å². The molecule has 3 heterocycles. The summed E-state index contributed by atoms with van der Waals surface area (Å²) in [7, 11) is 0. The van der Waals surface area contributed by atoms with Crippen LogP contribution in [0.1, 0.15) is 49.2 Å². The predicted octanol–water partition coefficient (Wildman–Crippen LogP) is 3.43. The first kappa shape index (κ1) is 20.2. The van der Waals surface area contributed by atoms with E-state index in [2.05, 4.69) is 56.8 Å². The van der Waals surface area contributed by atoms with Crippen LogP contribution in [-0.4, -0.2) is 52.2 Å². The Kier molecular flexibility index (Phi) is 8.14. The second-order valence-corrected chi connectivity index (χ2v) is 7.22. The highest BCUT2D eigenvalue weighted by Gasteiger charge is 2.24. The number of nitrogens with zero attached hydrogens (tertiary/aromatic N) is 4. The number of aromatic amines is 1. The molecule has 1 aliphatic rings. The van der Waals surface area contributed by atoms with Crippen LogP contribution in [-0.2, 0) is 0 Å². The maximum absolute atomic E-state index is 4.88. The maximum atomic E-state index is 4.88. The molecule has 6 nitrogen and oxygen atoms in total. The summed E-state index contributed by atoms with van der Waals surface area (Å²) < 4.78 is 0. The van der Waals surface area contributed by atoms with E-state index in [-0.39, 0.29) is 24.0 Å². The van der Waals surface area contributed by atoms with E-state index < -0.39 is 0 Å². The van der Waals surface area contributed by atoms with Gasteiger partial charge in [-0.25, -0.2) is 4.98 Å². The number of hydrogen-bond donors (Lipinski definition) is 2. The third-order valence-corrected chi connectivity index (χ3v) is 5.60. The number of aliphatic imine (C=N–C) groups is 1. The first-order chi connectivity index (χ1) is 11.8. The molecule has 25 heavy (non-hydrogen) atoms. The average molecular weight is 474 g/mol. The van der Waals surface area contributed by atoms with Gasteiger partial charge in [0.05, 0.1) is 6.54 Å². The van der Waals surface area contributed by atoms with E-state index in [1.54, 1.807) is 6.33 Å². The summed E-state index contributed by atoms with van der Waals surface area (Å²) in [6.07, 6.45) is 3.76. The Morgan fingerprint density at radius 2 is 2.28 bits per heavy atom. The van der Waals surface area contributed by atoms with E-state index in [0.29, 0.717) is 11.8 Å². The van der Waals surface area contributed by atoms with Crippen LogP contribution in [0.5, 0.6) is 0 Å². The van der Waals surface area contributed by atoms with Crippen molar-refractivity contribution < 1.29 is 0 Å². The molecular weight excluding hydrogens is 447 g/mol. The molecule has 0 aliphatic carbocycles. The van der Waals surface area contributed by atoms with Gasteiger partial charge in [0.2, 0.25) is 0 Å². The van der Waals surface area contributed by atoms with Crippen LogP contribution in [0, 0.1) is 0 Å². The van der Waals surface area contributed by atoms with Gasteiger partial charge in [-0.15, -0.1) is 35.3 Å². The van der Waals surface area contributed by atoms with Gasteiger partial charge in [0, 0.05) is 36.3 Å². The van der Waals surface area contributed by atoms with Crippen LogP contribution in [0.25, 0.3) is 0 Å². The Morgan fingerprint density at radius 1 is 1.48 bits per heavy atom. The van der Waals surface area contributed by atoms with E-state index in [9.17, 15) is 0 Å². The van der Waals surface area contributed by atoms with Gasteiger partial charge in [-0.3, -0.25) is 10.1 Å².